The second-order valence-corrected chi connectivity index (χ2v) is 6.06. The minimum atomic E-state index is 0.572. The standard InChI is InChI=1S/C18H22N4/c1-13(2)11-19-18-17-16(20-14(3)21-18)9-10-22(17)12-15-7-5-4-6-8-15/h4-10,13H,11-12H2,1-3H3,(H,19,20,21). The molecule has 0 amide bonds. The number of nitrogens with zero attached hydrogens (tertiary/aromatic N) is 3. The minimum absolute atomic E-state index is 0.572. The highest BCUT2D eigenvalue weighted by Gasteiger charge is 2.11. The number of aromatic nitrogens is 3. The quantitative estimate of drug-likeness (QED) is 0.777. The molecule has 0 atom stereocenters. The topological polar surface area (TPSA) is 42.7 Å². The Morgan fingerprint density at radius 3 is 2.59 bits per heavy atom. The van der Waals surface area contributed by atoms with E-state index in [-0.39, 0.29) is 0 Å². The van der Waals surface area contributed by atoms with Gasteiger partial charge in [-0.15, -0.1) is 0 Å². The molecule has 2 aromatic heterocycles. The third-order valence-electron chi connectivity index (χ3n) is 3.60. The molecule has 2 heterocycles. The third-order valence-corrected chi connectivity index (χ3v) is 3.60. The van der Waals surface area contributed by atoms with Crippen molar-refractivity contribution in [3.8, 4) is 0 Å². The Balaban J connectivity index is 2.00. The van der Waals surface area contributed by atoms with Crippen molar-refractivity contribution >= 4 is 16.9 Å². The van der Waals surface area contributed by atoms with Gasteiger partial charge in [0.05, 0.1) is 5.52 Å². The second-order valence-electron chi connectivity index (χ2n) is 6.06. The normalized spacial score (nSPS) is 11.3. The fourth-order valence-electron chi connectivity index (χ4n) is 2.56. The molecular weight excluding hydrogens is 272 g/mol. The van der Waals surface area contributed by atoms with Crippen molar-refractivity contribution in [1.82, 2.24) is 14.5 Å². The number of aryl methyl sites for hydroxylation is 1. The number of anilines is 1. The van der Waals surface area contributed by atoms with Crippen LogP contribution in [0, 0.1) is 12.8 Å². The molecule has 0 saturated heterocycles. The van der Waals surface area contributed by atoms with Crippen LogP contribution in [-0.2, 0) is 6.54 Å². The monoisotopic (exact) mass is 294 g/mol. The van der Waals surface area contributed by atoms with Gasteiger partial charge in [0.15, 0.2) is 5.82 Å². The van der Waals surface area contributed by atoms with Crippen molar-refractivity contribution in [2.45, 2.75) is 27.3 Å². The van der Waals surface area contributed by atoms with Gasteiger partial charge < -0.3 is 9.88 Å². The van der Waals surface area contributed by atoms with Crippen molar-refractivity contribution in [2.24, 2.45) is 5.92 Å². The summed E-state index contributed by atoms with van der Waals surface area (Å²) in [5, 5.41) is 3.47. The van der Waals surface area contributed by atoms with Gasteiger partial charge in [-0.25, -0.2) is 9.97 Å². The van der Waals surface area contributed by atoms with E-state index in [0.29, 0.717) is 5.92 Å². The summed E-state index contributed by atoms with van der Waals surface area (Å²) in [7, 11) is 0. The van der Waals surface area contributed by atoms with E-state index in [1.807, 2.05) is 13.0 Å². The van der Waals surface area contributed by atoms with Crippen molar-refractivity contribution in [1.29, 1.82) is 0 Å². The first kappa shape index (κ1) is 14.6. The zero-order valence-corrected chi connectivity index (χ0v) is 13.4. The van der Waals surface area contributed by atoms with Gasteiger partial charge in [-0.3, -0.25) is 0 Å². The van der Waals surface area contributed by atoms with Crippen LogP contribution in [0.4, 0.5) is 5.82 Å². The fourth-order valence-corrected chi connectivity index (χ4v) is 2.56. The van der Waals surface area contributed by atoms with Crippen LogP contribution >= 0.6 is 0 Å². The molecular formula is C18H22N4. The summed E-state index contributed by atoms with van der Waals surface area (Å²) in [5.74, 6) is 2.30. The van der Waals surface area contributed by atoms with E-state index in [1.165, 1.54) is 5.56 Å². The van der Waals surface area contributed by atoms with Crippen LogP contribution in [0.3, 0.4) is 0 Å². The molecule has 1 N–H and O–H groups in total. The highest BCUT2D eigenvalue weighted by Crippen LogP contribution is 2.23. The zero-order chi connectivity index (χ0) is 15.5. The average molecular weight is 294 g/mol. The van der Waals surface area contributed by atoms with Crippen LogP contribution in [0.2, 0.25) is 0 Å². The van der Waals surface area contributed by atoms with Gasteiger partial charge in [0, 0.05) is 19.3 Å². The van der Waals surface area contributed by atoms with Gasteiger partial charge in [0.1, 0.15) is 11.3 Å². The van der Waals surface area contributed by atoms with E-state index >= 15 is 0 Å². The number of hydrogen-bond donors (Lipinski definition) is 1. The second kappa shape index (κ2) is 6.18. The van der Waals surface area contributed by atoms with Gasteiger partial charge in [-0.05, 0) is 24.5 Å². The number of hydrogen-bond acceptors (Lipinski definition) is 3. The van der Waals surface area contributed by atoms with Crippen LogP contribution < -0.4 is 5.32 Å². The highest BCUT2D eigenvalue weighted by atomic mass is 15.1. The van der Waals surface area contributed by atoms with Crippen molar-refractivity contribution in [2.75, 3.05) is 11.9 Å². The first-order chi connectivity index (χ1) is 10.6. The Hall–Kier alpha value is -2.36. The molecule has 3 rings (SSSR count). The van der Waals surface area contributed by atoms with E-state index in [2.05, 4.69) is 70.2 Å². The van der Waals surface area contributed by atoms with Crippen LogP contribution in [-0.4, -0.2) is 21.1 Å². The van der Waals surface area contributed by atoms with Gasteiger partial charge in [0.2, 0.25) is 0 Å². The van der Waals surface area contributed by atoms with Crippen molar-refractivity contribution in [3.05, 3.63) is 54.0 Å². The van der Waals surface area contributed by atoms with Crippen molar-refractivity contribution in [3.63, 3.8) is 0 Å². The average Bonchev–Trinajstić information content (AvgIpc) is 2.88. The maximum absolute atomic E-state index is 4.60. The summed E-state index contributed by atoms with van der Waals surface area (Å²) in [5.41, 5.74) is 3.35. The summed E-state index contributed by atoms with van der Waals surface area (Å²) >= 11 is 0. The zero-order valence-electron chi connectivity index (χ0n) is 13.4. The Bertz CT molecular complexity index is 759. The molecule has 4 heteroatoms. The molecule has 4 nitrogen and oxygen atoms in total. The maximum Gasteiger partial charge on any atom is 0.154 e. The van der Waals surface area contributed by atoms with Crippen LogP contribution in [0.5, 0.6) is 0 Å². The summed E-state index contributed by atoms with van der Waals surface area (Å²) < 4.78 is 2.22. The SMILES string of the molecule is Cc1nc(NCC(C)C)c2c(ccn2Cc2ccccc2)n1. The molecule has 0 unspecified atom stereocenters. The predicted octanol–water partition coefficient (Wildman–Crippen LogP) is 3.86. The molecule has 0 saturated carbocycles. The summed E-state index contributed by atoms with van der Waals surface area (Å²) in [6, 6.07) is 12.5. The predicted molar refractivity (Wildman–Crippen MR) is 91.1 cm³/mol. The van der Waals surface area contributed by atoms with Crippen molar-refractivity contribution < 1.29 is 0 Å². The molecule has 0 aliphatic carbocycles. The molecule has 0 radical (unpaired) electrons. The van der Waals surface area contributed by atoms with E-state index in [4.69, 9.17) is 0 Å². The third kappa shape index (κ3) is 3.11. The van der Waals surface area contributed by atoms with E-state index in [1.54, 1.807) is 0 Å². The molecule has 114 valence electrons. The Morgan fingerprint density at radius 1 is 1.09 bits per heavy atom. The summed E-state index contributed by atoms with van der Waals surface area (Å²) in [4.78, 5) is 9.16. The summed E-state index contributed by atoms with van der Waals surface area (Å²) in [6.45, 7) is 8.06. The van der Waals surface area contributed by atoms with Gasteiger partial charge in [-0.1, -0.05) is 44.2 Å². The number of fused-ring (bicyclic) bond motifs is 1. The summed E-state index contributed by atoms with van der Waals surface area (Å²) in [6.07, 6.45) is 2.09. The Labute approximate surface area is 131 Å². The maximum atomic E-state index is 4.60. The highest BCUT2D eigenvalue weighted by molar-refractivity contribution is 5.86. The molecule has 0 spiro atoms. The molecule has 0 aliphatic rings. The van der Waals surface area contributed by atoms with Crippen LogP contribution in [0.1, 0.15) is 25.2 Å². The van der Waals surface area contributed by atoms with Gasteiger partial charge in [0.25, 0.3) is 0 Å². The van der Waals surface area contributed by atoms with Gasteiger partial charge in [-0.2, -0.15) is 0 Å². The molecule has 0 bridgehead atoms. The van der Waals surface area contributed by atoms with E-state index < -0.39 is 0 Å². The fraction of sp³-hybridized carbons (Fsp3) is 0.333. The molecule has 22 heavy (non-hydrogen) atoms. The molecule has 0 fully saturated rings. The van der Waals surface area contributed by atoms with E-state index in [9.17, 15) is 0 Å². The lowest BCUT2D eigenvalue weighted by Gasteiger charge is -2.13. The minimum Gasteiger partial charge on any atom is -0.368 e. The first-order valence-electron chi connectivity index (χ1n) is 7.75. The van der Waals surface area contributed by atoms with Crippen LogP contribution in [0.15, 0.2) is 42.6 Å². The number of nitrogens with one attached hydrogen (secondary N) is 1. The lowest BCUT2D eigenvalue weighted by Crippen LogP contribution is -2.12. The molecule has 1 aromatic carbocycles. The molecule has 0 aliphatic heterocycles. The number of rotatable bonds is 5. The van der Waals surface area contributed by atoms with Gasteiger partial charge >= 0.3 is 0 Å². The lowest BCUT2D eigenvalue weighted by atomic mass is 10.2. The Morgan fingerprint density at radius 2 is 1.86 bits per heavy atom. The number of benzene rings is 1. The largest absolute Gasteiger partial charge is 0.368 e. The van der Waals surface area contributed by atoms with Crippen LogP contribution in [0.25, 0.3) is 11.0 Å². The lowest BCUT2D eigenvalue weighted by molar-refractivity contribution is 0.686. The van der Waals surface area contributed by atoms with E-state index in [0.717, 1.165) is 35.8 Å². The first-order valence-corrected chi connectivity index (χ1v) is 7.75. The Kier molecular flexibility index (Phi) is 4.09. The smallest absolute Gasteiger partial charge is 0.154 e. The molecule has 3 aromatic rings.